The highest BCUT2D eigenvalue weighted by Crippen LogP contribution is 2.35. The van der Waals surface area contributed by atoms with Crippen LogP contribution < -0.4 is 14.8 Å². The van der Waals surface area contributed by atoms with Gasteiger partial charge in [0.05, 0.1) is 11.8 Å². The van der Waals surface area contributed by atoms with Gasteiger partial charge in [-0.25, -0.2) is 14.8 Å². The van der Waals surface area contributed by atoms with Gasteiger partial charge in [0.2, 0.25) is 0 Å². The number of alkyl halides is 3. The third-order valence-electron chi connectivity index (χ3n) is 4.88. The summed E-state index contributed by atoms with van der Waals surface area (Å²) < 4.78 is 67.2. The molecular formula is C24H16F3N5O4S2. The Bertz CT molecular complexity index is 1630. The highest BCUT2D eigenvalue weighted by Gasteiger charge is 2.30. The van der Waals surface area contributed by atoms with Crippen molar-refractivity contribution in [3.05, 3.63) is 77.3 Å². The number of amides is 2. The molecule has 14 heteroatoms. The van der Waals surface area contributed by atoms with E-state index in [1.165, 1.54) is 35.6 Å². The summed E-state index contributed by atoms with van der Waals surface area (Å²) in [4.78, 5) is 20.6. The number of nitrogens with zero attached hydrogens (tertiary/aromatic N) is 3. The third kappa shape index (κ3) is 6.44. The van der Waals surface area contributed by atoms with Crippen molar-refractivity contribution in [1.82, 2.24) is 9.97 Å². The van der Waals surface area contributed by atoms with E-state index in [0.29, 0.717) is 21.8 Å². The zero-order valence-corrected chi connectivity index (χ0v) is 20.9. The van der Waals surface area contributed by atoms with E-state index in [9.17, 15) is 31.6 Å². The summed E-state index contributed by atoms with van der Waals surface area (Å²) in [5.74, 6) is -0.402. The number of rotatable bonds is 6. The van der Waals surface area contributed by atoms with Crippen LogP contribution in [0, 0.1) is 11.3 Å². The maximum absolute atomic E-state index is 12.9. The molecule has 0 saturated carbocycles. The molecule has 0 unspecified atom stereocenters. The second kappa shape index (κ2) is 10.5. The molecule has 0 saturated heterocycles. The van der Waals surface area contributed by atoms with Gasteiger partial charge in [0.15, 0.2) is 0 Å². The number of benzene rings is 2. The van der Waals surface area contributed by atoms with Crippen LogP contribution in [0.5, 0.6) is 5.88 Å². The van der Waals surface area contributed by atoms with E-state index in [-0.39, 0.29) is 16.9 Å². The Hall–Kier alpha value is -4.48. The minimum absolute atomic E-state index is 0.0440. The summed E-state index contributed by atoms with van der Waals surface area (Å²) in [7, 11) is -4.00. The molecule has 2 aromatic carbocycles. The van der Waals surface area contributed by atoms with Gasteiger partial charge in [-0.3, -0.25) is 0 Å². The molecule has 2 heterocycles. The highest BCUT2D eigenvalue weighted by molar-refractivity contribution is 7.86. The lowest BCUT2D eigenvalue weighted by Gasteiger charge is -2.13. The van der Waals surface area contributed by atoms with Crippen LogP contribution in [0.3, 0.4) is 0 Å². The molecule has 0 radical (unpaired) electrons. The Balaban J connectivity index is 1.60. The number of urea groups is 1. The number of carbonyl (C=O) groups excluding carboxylic acids is 1. The Morgan fingerprint density at radius 3 is 2.39 bits per heavy atom. The largest absolute Gasteiger partial charge is 0.416 e. The highest BCUT2D eigenvalue weighted by atomic mass is 32.2. The topological polar surface area (TPSA) is 134 Å². The van der Waals surface area contributed by atoms with Gasteiger partial charge in [0.1, 0.15) is 22.3 Å². The van der Waals surface area contributed by atoms with Crippen LogP contribution in [0.2, 0.25) is 0 Å². The lowest BCUT2D eigenvalue weighted by molar-refractivity contribution is -0.137. The van der Waals surface area contributed by atoms with E-state index < -0.39 is 33.8 Å². The lowest BCUT2D eigenvalue weighted by Crippen LogP contribution is -2.19. The maximum Gasteiger partial charge on any atom is 0.416 e. The fourth-order valence-electron chi connectivity index (χ4n) is 3.32. The number of aromatic nitrogens is 2. The summed E-state index contributed by atoms with van der Waals surface area (Å²) in [6.45, 7) is 0. The smallest absolute Gasteiger partial charge is 0.360 e. The van der Waals surface area contributed by atoms with Crippen molar-refractivity contribution < 1.29 is 30.6 Å². The van der Waals surface area contributed by atoms with Gasteiger partial charge in [-0.2, -0.15) is 26.9 Å². The molecule has 2 N–H and O–H groups in total. The molecule has 38 heavy (non-hydrogen) atoms. The second-order valence-corrected chi connectivity index (χ2v) is 10.2. The van der Waals surface area contributed by atoms with Crippen molar-refractivity contribution in [2.75, 3.05) is 16.9 Å². The number of nitriles is 1. The molecule has 0 spiro atoms. The summed E-state index contributed by atoms with van der Waals surface area (Å²) in [5, 5.41) is 16.8. The van der Waals surface area contributed by atoms with Gasteiger partial charge < -0.3 is 14.8 Å². The standard InChI is InChI=1S/C24H16F3N5O4S2/c1-38(34,35)36-21-19(13-28)18(12-20(32-21)22-29-9-10-37-22)14-5-7-16(8-6-14)30-23(33)31-17-4-2-3-15(11-17)24(25,26)27/h2-12H,1H3,(H2,30,31,33). The average molecular weight is 560 g/mol. The monoisotopic (exact) mass is 559 g/mol. The van der Waals surface area contributed by atoms with E-state index in [4.69, 9.17) is 4.18 Å². The summed E-state index contributed by atoms with van der Waals surface area (Å²) >= 11 is 1.25. The van der Waals surface area contributed by atoms with Gasteiger partial charge in [0, 0.05) is 28.5 Å². The molecule has 2 aromatic heterocycles. The van der Waals surface area contributed by atoms with Gasteiger partial charge in [-0.05, 0) is 42.0 Å². The van der Waals surface area contributed by atoms with Gasteiger partial charge in [-0.1, -0.05) is 18.2 Å². The van der Waals surface area contributed by atoms with Crippen LogP contribution in [0.15, 0.2) is 66.2 Å². The van der Waals surface area contributed by atoms with Crippen molar-refractivity contribution in [1.29, 1.82) is 5.26 Å². The summed E-state index contributed by atoms with van der Waals surface area (Å²) in [6.07, 6.45) is -2.18. The van der Waals surface area contributed by atoms with Crippen LogP contribution >= 0.6 is 11.3 Å². The van der Waals surface area contributed by atoms with E-state index in [0.717, 1.165) is 18.4 Å². The molecule has 2 amide bonds. The van der Waals surface area contributed by atoms with Gasteiger partial charge >= 0.3 is 22.3 Å². The molecule has 0 bridgehead atoms. The Kier molecular flexibility index (Phi) is 7.33. The lowest BCUT2D eigenvalue weighted by atomic mass is 10.0. The predicted molar refractivity (Wildman–Crippen MR) is 135 cm³/mol. The number of thiazole rings is 1. The number of hydrogen-bond acceptors (Lipinski definition) is 8. The first kappa shape index (κ1) is 26.6. The van der Waals surface area contributed by atoms with Crippen LogP contribution in [-0.4, -0.2) is 30.7 Å². The maximum atomic E-state index is 12.9. The van der Waals surface area contributed by atoms with Gasteiger partial charge in [0.25, 0.3) is 5.88 Å². The summed E-state index contributed by atoms with van der Waals surface area (Å²) in [5.41, 5.74) is 0.307. The van der Waals surface area contributed by atoms with E-state index in [1.807, 2.05) is 6.07 Å². The van der Waals surface area contributed by atoms with Crippen molar-refractivity contribution in [2.45, 2.75) is 6.18 Å². The molecule has 0 aliphatic rings. The second-order valence-electron chi connectivity index (χ2n) is 7.71. The molecule has 0 aliphatic carbocycles. The summed E-state index contributed by atoms with van der Waals surface area (Å²) in [6, 6.07) is 13.0. The predicted octanol–water partition coefficient (Wildman–Crippen LogP) is 5.74. The minimum Gasteiger partial charge on any atom is -0.360 e. The Morgan fingerprint density at radius 1 is 1.08 bits per heavy atom. The molecule has 4 aromatic rings. The van der Waals surface area contributed by atoms with Crippen LogP contribution in [0.1, 0.15) is 11.1 Å². The SMILES string of the molecule is CS(=O)(=O)Oc1nc(-c2nccs2)cc(-c2ccc(NC(=O)Nc3cccc(C(F)(F)F)c3)cc2)c1C#N. The zero-order chi connectivity index (χ0) is 27.5. The Labute approximate surface area is 218 Å². The first-order valence-electron chi connectivity index (χ1n) is 10.5. The number of carbonyl (C=O) groups is 1. The minimum atomic E-state index is -4.55. The Morgan fingerprint density at radius 2 is 1.79 bits per heavy atom. The van der Waals surface area contributed by atoms with E-state index in [2.05, 4.69) is 20.6 Å². The number of nitrogens with one attached hydrogen (secondary N) is 2. The normalized spacial score (nSPS) is 11.4. The van der Waals surface area contributed by atoms with E-state index in [1.54, 1.807) is 29.8 Å². The quantitative estimate of drug-likeness (QED) is 0.288. The van der Waals surface area contributed by atoms with Crippen molar-refractivity contribution >= 4 is 38.9 Å². The number of anilines is 2. The zero-order valence-electron chi connectivity index (χ0n) is 19.3. The molecule has 194 valence electrons. The number of hydrogen-bond donors (Lipinski definition) is 2. The molecule has 0 fully saturated rings. The van der Waals surface area contributed by atoms with Crippen molar-refractivity contribution in [3.63, 3.8) is 0 Å². The van der Waals surface area contributed by atoms with Crippen molar-refractivity contribution in [2.24, 2.45) is 0 Å². The van der Waals surface area contributed by atoms with Crippen LogP contribution in [0.25, 0.3) is 21.8 Å². The van der Waals surface area contributed by atoms with Crippen LogP contribution in [-0.2, 0) is 16.3 Å². The molecule has 0 atom stereocenters. The number of pyridine rings is 1. The van der Waals surface area contributed by atoms with E-state index >= 15 is 0 Å². The van der Waals surface area contributed by atoms with Crippen LogP contribution in [0.4, 0.5) is 29.3 Å². The molecular weight excluding hydrogens is 543 g/mol. The van der Waals surface area contributed by atoms with Gasteiger partial charge in [-0.15, -0.1) is 11.3 Å². The fourth-order valence-corrected chi connectivity index (χ4v) is 4.33. The molecule has 4 rings (SSSR count). The molecule has 0 aliphatic heterocycles. The fraction of sp³-hybridized carbons (Fsp3) is 0.0833. The third-order valence-corrected chi connectivity index (χ3v) is 6.14. The van der Waals surface area contributed by atoms with Crippen molar-refractivity contribution in [3.8, 4) is 33.8 Å². The number of halogens is 3. The first-order valence-corrected chi connectivity index (χ1v) is 13.2. The average Bonchev–Trinajstić information content (AvgIpc) is 3.38. The molecule has 9 nitrogen and oxygen atoms in total. The first-order chi connectivity index (χ1) is 17.9.